The number of anilines is 1. The minimum Gasteiger partial charge on any atom is -0.377 e. The zero-order valence-corrected chi connectivity index (χ0v) is 11.2. The molecule has 0 saturated carbocycles. The molecule has 1 atom stereocenters. The number of nitriles is 1. The molecule has 0 radical (unpaired) electrons. The summed E-state index contributed by atoms with van der Waals surface area (Å²) in [6.45, 7) is 1.86. The minimum absolute atomic E-state index is 0.133. The third kappa shape index (κ3) is 3.34. The van der Waals surface area contributed by atoms with Crippen LogP contribution in [0, 0.1) is 27.3 Å². The highest BCUT2D eigenvalue weighted by molar-refractivity contribution is 5.62. The zero-order valence-electron chi connectivity index (χ0n) is 11.2. The molecule has 5 nitrogen and oxygen atoms in total. The molecule has 0 aliphatic heterocycles. The van der Waals surface area contributed by atoms with Crippen molar-refractivity contribution in [3.05, 3.63) is 69.5 Å². The van der Waals surface area contributed by atoms with Gasteiger partial charge in [-0.05, 0) is 30.7 Å². The molecule has 106 valence electrons. The van der Waals surface area contributed by atoms with Crippen LogP contribution in [0.15, 0.2) is 42.5 Å². The fraction of sp³-hybridized carbons (Fsp3) is 0.133. The van der Waals surface area contributed by atoms with Crippen molar-refractivity contribution in [3.8, 4) is 6.07 Å². The van der Waals surface area contributed by atoms with E-state index in [1.807, 2.05) is 13.0 Å². The minimum atomic E-state index is -0.548. The Balaban J connectivity index is 2.25. The number of hydrogen-bond acceptors (Lipinski definition) is 4. The average molecular weight is 285 g/mol. The van der Waals surface area contributed by atoms with Crippen LogP contribution in [-0.4, -0.2) is 4.92 Å². The lowest BCUT2D eigenvalue weighted by atomic mass is 10.1. The summed E-state index contributed by atoms with van der Waals surface area (Å²) in [7, 11) is 0. The number of halogens is 1. The van der Waals surface area contributed by atoms with Gasteiger partial charge in [-0.3, -0.25) is 10.1 Å². The molecule has 0 aliphatic carbocycles. The van der Waals surface area contributed by atoms with Crippen molar-refractivity contribution in [2.24, 2.45) is 0 Å². The molecule has 2 aromatic rings. The Morgan fingerprint density at radius 3 is 2.52 bits per heavy atom. The summed E-state index contributed by atoms with van der Waals surface area (Å²) in [5.74, 6) is -0.320. The molecule has 0 spiro atoms. The Labute approximate surface area is 120 Å². The Morgan fingerprint density at radius 2 is 1.95 bits per heavy atom. The largest absolute Gasteiger partial charge is 0.377 e. The van der Waals surface area contributed by atoms with Gasteiger partial charge in [0.1, 0.15) is 11.9 Å². The Bertz CT molecular complexity index is 708. The highest BCUT2D eigenvalue weighted by Gasteiger charge is 2.13. The molecule has 1 N–H and O–H groups in total. The molecule has 0 saturated heterocycles. The van der Waals surface area contributed by atoms with Crippen molar-refractivity contribution < 1.29 is 9.31 Å². The third-order valence-corrected chi connectivity index (χ3v) is 3.08. The maximum atomic E-state index is 12.9. The van der Waals surface area contributed by atoms with Gasteiger partial charge in [-0.2, -0.15) is 5.26 Å². The molecule has 0 heterocycles. The van der Waals surface area contributed by atoms with Crippen molar-refractivity contribution in [1.29, 1.82) is 5.26 Å². The lowest BCUT2D eigenvalue weighted by Crippen LogP contribution is -2.08. The lowest BCUT2D eigenvalue weighted by molar-refractivity contribution is -0.384. The van der Waals surface area contributed by atoms with E-state index in [0.29, 0.717) is 5.69 Å². The molecule has 2 aromatic carbocycles. The second-order valence-electron chi connectivity index (χ2n) is 4.52. The van der Waals surface area contributed by atoms with Gasteiger partial charge in [-0.15, -0.1) is 0 Å². The predicted octanol–water partition coefficient (Wildman–Crippen LogP) is 3.78. The normalized spacial score (nSPS) is 11.5. The van der Waals surface area contributed by atoms with E-state index in [9.17, 15) is 14.5 Å². The van der Waals surface area contributed by atoms with Gasteiger partial charge in [0.05, 0.1) is 16.2 Å². The smallest absolute Gasteiger partial charge is 0.270 e. The monoisotopic (exact) mass is 285 g/mol. The van der Waals surface area contributed by atoms with Gasteiger partial charge in [0.15, 0.2) is 0 Å². The topological polar surface area (TPSA) is 79.0 Å². The summed E-state index contributed by atoms with van der Waals surface area (Å²) >= 11 is 0. The molecule has 0 fully saturated rings. The second-order valence-corrected chi connectivity index (χ2v) is 4.52. The number of nitro groups is 1. The number of nitro benzene ring substituents is 1. The van der Waals surface area contributed by atoms with E-state index in [1.165, 1.54) is 30.3 Å². The third-order valence-electron chi connectivity index (χ3n) is 3.08. The molecular formula is C15H12FN3O2. The van der Waals surface area contributed by atoms with E-state index in [0.717, 1.165) is 5.56 Å². The van der Waals surface area contributed by atoms with E-state index in [4.69, 9.17) is 5.26 Å². The quantitative estimate of drug-likeness (QED) is 0.685. The predicted molar refractivity (Wildman–Crippen MR) is 76.2 cm³/mol. The first-order chi connectivity index (χ1) is 10.0. The van der Waals surface area contributed by atoms with E-state index in [2.05, 4.69) is 5.32 Å². The van der Waals surface area contributed by atoms with Crippen LogP contribution in [0.3, 0.4) is 0 Å². The fourth-order valence-corrected chi connectivity index (χ4v) is 1.93. The van der Waals surface area contributed by atoms with Crippen LogP contribution in [-0.2, 0) is 0 Å². The summed E-state index contributed by atoms with van der Waals surface area (Å²) in [4.78, 5) is 10.1. The van der Waals surface area contributed by atoms with Gasteiger partial charge < -0.3 is 5.32 Å². The van der Waals surface area contributed by atoms with Crippen LogP contribution < -0.4 is 5.32 Å². The first-order valence-corrected chi connectivity index (χ1v) is 6.22. The van der Waals surface area contributed by atoms with Gasteiger partial charge in [0, 0.05) is 18.2 Å². The zero-order chi connectivity index (χ0) is 15.4. The number of hydrogen-bond donors (Lipinski definition) is 1. The molecule has 0 amide bonds. The summed E-state index contributed by atoms with van der Waals surface area (Å²) in [5, 5.41) is 22.9. The number of benzene rings is 2. The Kier molecular flexibility index (Phi) is 4.14. The molecule has 2 rings (SSSR count). The van der Waals surface area contributed by atoms with E-state index >= 15 is 0 Å². The first kappa shape index (κ1) is 14.5. The standard InChI is InChI=1S/C15H12FN3O2/c1-10(11-2-4-13(16)5-3-11)18-15-7-6-14(19(20)21)8-12(15)9-17/h2-8,10,18H,1H3/t10-/m1/s1. The van der Waals surface area contributed by atoms with Crippen LogP contribution in [0.4, 0.5) is 15.8 Å². The van der Waals surface area contributed by atoms with Gasteiger partial charge >= 0.3 is 0 Å². The number of nitrogens with one attached hydrogen (secondary N) is 1. The van der Waals surface area contributed by atoms with Crippen LogP contribution in [0.2, 0.25) is 0 Å². The van der Waals surface area contributed by atoms with Gasteiger partial charge in [-0.25, -0.2) is 4.39 Å². The molecular weight excluding hydrogens is 273 g/mol. The molecule has 0 bridgehead atoms. The first-order valence-electron chi connectivity index (χ1n) is 6.22. The number of rotatable bonds is 4. The van der Waals surface area contributed by atoms with Crippen molar-refractivity contribution in [2.75, 3.05) is 5.32 Å². The number of non-ortho nitro benzene ring substituents is 1. The summed E-state index contributed by atoms with van der Waals surface area (Å²) < 4.78 is 12.9. The maximum Gasteiger partial charge on any atom is 0.270 e. The van der Waals surface area contributed by atoms with Crippen molar-refractivity contribution in [2.45, 2.75) is 13.0 Å². The molecule has 0 aliphatic rings. The average Bonchev–Trinajstić information content (AvgIpc) is 2.48. The van der Waals surface area contributed by atoms with E-state index in [1.54, 1.807) is 12.1 Å². The van der Waals surface area contributed by atoms with Gasteiger partial charge in [-0.1, -0.05) is 12.1 Å². The van der Waals surface area contributed by atoms with Crippen LogP contribution in [0.25, 0.3) is 0 Å². The van der Waals surface area contributed by atoms with Crippen molar-refractivity contribution >= 4 is 11.4 Å². The molecule has 21 heavy (non-hydrogen) atoms. The number of nitrogens with zero attached hydrogens (tertiary/aromatic N) is 2. The fourth-order valence-electron chi connectivity index (χ4n) is 1.93. The summed E-state index contributed by atoms with van der Waals surface area (Å²) in [5.41, 5.74) is 1.41. The molecule has 0 unspecified atom stereocenters. The summed E-state index contributed by atoms with van der Waals surface area (Å²) in [6, 6.07) is 11.8. The highest BCUT2D eigenvalue weighted by atomic mass is 19.1. The Morgan fingerprint density at radius 1 is 1.29 bits per heavy atom. The van der Waals surface area contributed by atoms with Crippen molar-refractivity contribution in [1.82, 2.24) is 0 Å². The maximum absolute atomic E-state index is 12.9. The van der Waals surface area contributed by atoms with Crippen LogP contribution >= 0.6 is 0 Å². The van der Waals surface area contributed by atoms with Crippen molar-refractivity contribution in [3.63, 3.8) is 0 Å². The van der Waals surface area contributed by atoms with Gasteiger partial charge in [0.25, 0.3) is 5.69 Å². The van der Waals surface area contributed by atoms with Crippen LogP contribution in [0.1, 0.15) is 24.1 Å². The SMILES string of the molecule is C[C@@H](Nc1ccc([N+](=O)[O-])cc1C#N)c1ccc(F)cc1. The molecule has 6 heteroatoms. The lowest BCUT2D eigenvalue weighted by Gasteiger charge is -2.16. The Hall–Kier alpha value is -2.94. The highest BCUT2D eigenvalue weighted by Crippen LogP contribution is 2.25. The van der Waals surface area contributed by atoms with Crippen LogP contribution in [0.5, 0.6) is 0 Å². The molecule has 0 aromatic heterocycles. The van der Waals surface area contributed by atoms with Gasteiger partial charge in [0.2, 0.25) is 0 Å². The van der Waals surface area contributed by atoms with E-state index in [-0.39, 0.29) is 23.1 Å². The van der Waals surface area contributed by atoms with E-state index < -0.39 is 4.92 Å². The second kappa shape index (κ2) is 6.01. The summed E-state index contributed by atoms with van der Waals surface area (Å²) in [6.07, 6.45) is 0.